The van der Waals surface area contributed by atoms with Gasteiger partial charge in [-0.05, 0) is 57.9 Å². The van der Waals surface area contributed by atoms with Crippen LogP contribution in [0.25, 0.3) is 32.3 Å². The van der Waals surface area contributed by atoms with E-state index in [1.165, 1.54) is 28.5 Å². The summed E-state index contributed by atoms with van der Waals surface area (Å²) in [4.78, 5) is 24.1. The maximum absolute atomic E-state index is 12.5. The lowest BCUT2D eigenvalue weighted by Gasteiger charge is -2.16. The average Bonchev–Trinajstić information content (AvgIpc) is 2.67. The Morgan fingerprint density at radius 2 is 1.59 bits per heavy atom. The third-order valence-corrected chi connectivity index (χ3v) is 5.29. The lowest BCUT2D eigenvalue weighted by atomic mass is 9.90. The SMILES string of the molecule is CN[C@@H](CNC(=O)Cc1cc2cccc3ccc4cccc1c4c32)C(C)=O. The van der Waals surface area contributed by atoms with Gasteiger partial charge in [0.2, 0.25) is 5.91 Å². The Morgan fingerprint density at radius 1 is 0.926 bits per heavy atom. The highest BCUT2D eigenvalue weighted by atomic mass is 16.1. The summed E-state index contributed by atoms with van der Waals surface area (Å²) < 4.78 is 0. The number of rotatable bonds is 6. The number of Topliss-reactive ketones (excluding diaryl/α,β-unsaturated/α-hetero) is 1. The van der Waals surface area contributed by atoms with Gasteiger partial charge < -0.3 is 10.6 Å². The fraction of sp³-hybridized carbons (Fsp3) is 0.217. The highest BCUT2D eigenvalue weighted by Gasteiger charge is 2.16. The molecule has 0 fully saturated rings. The Labute approximate surface area is 157 Å². The lowest BCUT2D eigenvalue weighted by Crippen LogP contribution is -2.43. The molecule has 0 saturated carbocycles. The van der Waals surface area contributed by atoms with E-state index in [-0.39, 0.29) is 24.2 Å². The van der Waals surface area contributed by atoms with Gasteiger partial charge in [-0.3, -0.25) is 9.59 Å². The Morgan fingerprint density at radius 3 is 2.30 bits per heavy atom. The van der Waals surface area contributed by atoms with Gasteiger partial charge in [-0.2, -0.15) is 0 Å². The smallest absolute Gasteiger partial charge is 0.224 e. The van der Waals surface area contributed by atoms with Gasteiger partial charge in [-0.1, -0.05) is 48.5 Å². The zero-order chi connectivity index (χ0) is 19.0. The van der Waals surface area contributed by atoms with Gasteiger partial charge in [-0.25, -0.2) is 0 Å². The molecular weight excluding hydrogens is 336 g/mol. The molecule has 0 heterocycles. The number of nitrogens with one attached hydrogen (secondary N) is 2. The molecular formula is C23H22N2O2. The molecule has 4 aromatic rings. The highest BCUT2D eigenvalue weighted by Crippen LogP contribution is 2.36. The van der Waals surface area contributed by atoms with Gasteiger partial charge in [0.1, 0.15) is 5.78 Å². The number of amides is 1. The molecule has 0 aliphatic carbocycles. The standard InChI is InChI=1S/C23H22N2O2/c1-14(26)20(24-2)13-25-21(27)12-18-11-17-7-3-5-15-9-10-16-6-4-8-19(18)23(16)22(15)17/h3-11,20,24H,12-13H2,1-2H3,(H,25,27)/t20-/m0/s1. The summed E-state index contributed by atoms with van der Waals surface area (Å²) in [6.45, 7) is 1.82. The Balaban J connectivity index is 1.71. The number of likely N-dealkylation sites (N-methyl/N-ethyl adjacent to an activating group) is 1. The largest absolute Gasteiger partial charge is 0.354 e. The monoisotopic (exact) mass is 358 g/mol. The zero-order valence-corrected chi connectivity index (χ0v) is 15.5. The molecule has 1 amide bonds. The van der Waals surface area contributed by atoms with Crippen LogP contribution in [0.3, 0.4) is 0 Å². The zero-order valence-electron chi connectivity index (χ0n) is 15.5. The average molecular weight is 358 g/mol. The van der Waals surface area contributed by atoms with Crippen molar-refractivity contribution in [2.45, 2.75) is 19.4 Å². The first-order chi connectivity index (χ1) is 13.1. The molecule has 27 heavy (non-hydrogen) atoms. The van der Waals surface area contributed by atoms with E-state index in [2.05, 4.69) is 59.2 Å². The summed E-state index contributed by atoms with van der Waals surface area (Å²) in [6, 6.07) is 18.6. The minimum Gasteiger partial charge on any atom is -0.354 e. The molecule has 4 nitrogen and oxygen atoms in total. The van der Waals surface area contributed by atoms with Crippen molar-refractivity contribution in [2.24, 2.45) is 0 Å². The number of carbonyl (C=O) groups excluding carboxylic acids is 2. The van der Waals surface area contributed by atoms with E-state index in [1.54, 1.807) is 7.05 Å². The number of hydrogen-bond donors (Lipinski definition) is 2. The van der Waals surface area contributed by atoms with Gasteiger partial charge in [0.15, 0.2) is 0 Å². The van der Waals surface area contributed by atoms with Crippen molar-refractivity contribution < 1.29 is 9.59 Å². The van der Waals surface area contributed by atoms with Gasteiger partial charge in [-0.15, -0.1) is 0 Å². The van der Waals surface area contributed by atoms with E-state index in [0.29, 0.717) is 6.54 Å². The molecule has 0 aliphatic heterocycles. The van der Waals surface area contributed by atoms with Crippen LogP contribution in [-0.2, 0) is 16.0 Å². The lowest BCUT2D eigenvalue weighted by molar-refractivity contribution is -0.121. The maximum atomic E-state index is 12.5. The van der Waals surface area contributed by atoms with Gasteiger partial charge in [0.25, 0.3) is 0 Å². The summed E-state index contributed by atoms with van der Waals surface area (Å²) in [7, 11) is 1.72. The van der Waals surface area contributed by atoms with Crippen LogP contribution in [0.2, 0.25) is 0 Å². The first kappa shape index (κ1) is 17.4. The van der Waals surface area contributed by atoms with Crippen molar-refractivity contribution in [1.82, 2.24) is 10.6 Å². The van der Waals surface area contributed by atoms with Gasteiger partial charge in [0.05, 0.1) is 12.5 Å². The van der Waals surface area contributed by atoms with Crippen molar-refractivity contribution >= 4 is 44.0 Å². The molecule has 4 aromatic carbocycles. The first-order valence-electron chi connectivity index (χ1n) is 9.18. The van der Waals surface area contributed by atoms with Crippen LogP contribution in [-0.4, -0.2) is 31.3 Å². The van der Waals surface area contributed by atoms with Crippen molar-refractivity contribution in [2.75, 3.05) is 13.6 Å². The van der Waals surface area contributed by atoms with Crippen LogP contribution >= 0.6 is 0 Å². The van der Waals surface area contributed by atoms with Crippen molar-refractivity contribution in [3.8, 4) is 0 Å². The van der Waals surface area contributed by atoms with Crippen LogP contribution in [0, 0.1) is 0 Å². The Bertz CT molecular complexity index is 1150. The van der Waals surface area contributed by atoms with E-state index < -0.39 is 0 Å². The second-order valence-electron chi connectivity index (χ2n) is 7.02. The summed E-state index contributed by atoms with van der Waals surface area (Å²) in [5, 5.41) is 12.9. The van der Waals surface area contributed by atoms with Crippen molar-refractivity contribution in [1.29, 1.82) is 0 Å². The summed E-state index contributed by atoms with van der Waals surface area (Å²) in [5.41, 5.74) is 1.01. The highest BCUT2D eigenvalue weighted by molar-refractivity contribution is 6.24. The Kier molecular flexibility index (Phi) is 4.50. The van der Waals surface area contributed by atoms with Gasteiger partial charge >= 0.3 is 0 Å². The minimum absolute atomic E-state index is 0.0139. The molecule has 0 aromatic heterocycles. The topological polar surface area (TPSA) is 58.2 Å². The number of benzene rings is 4. The molecule has 4 rings (SSSR count). The molecule has 0 aliphatic rings. The van der Waals surface area contributed by atoms with E-state index in [9.17, 15) is 9.59 Å². The van der Waals surface area contributed by atoms with Crippen LogP contribution in [0.15, 0.2) is 54.6 Å². The second kappa shape index (κ2) is 6.97. The van der Waals surface area contributed by atoms with Gasteiger partial charge in [0, 0.05) is 6.54 Å². The number of hydrogen-bond acceptors (Lipinski definition) is 3. The minimum atomic E-state index is -0.354. The Hall–Kier alpha value is -2.98. The second-order valence-corrected chi connectivity index (χ2v) is 7.02. The maximum Gasteiger partial charge on any atom is 0.224 e. The summed E-state index contributed by atoms with van der Waals surface area (Å²) in [5.74, 6) is -0.0636. The van der Waals surface area contributed by atoms with Crippen molar-refractivity contribution in [3.05, 3.63) is 60.2 Å². The van der Waals surface area contributed by atoms with Crippen LogP contribution in [0.5, 0.6) is 0 Å². The van der Waals surface area contributed by atoms with Crippen molar-refractivity contribution in [3.63, 3.8) is 0 Å². The molecule has 0 saturated heterocycles. The molecule has 136 valence electrons. The molecule has 0 bridgehead atoms. The van der Waals surface area contributed by atoms with Crippen LogP contribution in [0.1, 0.15) is 12.5 Å². The number of ketones is 1. The molecule has 0 unspecified atom stereocenters. The fourth-order valence-corrected chi connectivity index (χ4v) is 3.88. The third-order valence-electron chi connectivity index (χ3n) is 5.29. The van der Waals surface area contributed by atoms with E-state index in [0.717, 1.165) is 16.3 Å². The predicted octanol–water partition coefficient (Wildman–Crippen LogP) is 3.42. The molecule has 0 spiro atoms. The fourth-order valence-electron chi connectivity index (χ4n) is 3.88. The molecule has 0 radical (unpaired) electrons. The van der Waals surface area contributed by atoms with E-state index in [4.69, 9.17) is 0 Å². The molecule has 1 atom stereocenters. The van der Waals surface area contributed by atoms with E-state index >= 15 is 0 Å². The first-order valence-corrected chi connectivity index (χ1v) is 9.18. The summed E-state index contributed by atoms with van der Waals surface area (Å²) >= 11 is 0. The van der Waals surface area contributed by atoms with Crippen LogP contribution in [0.4, 0.5) is 0 Å². The molecule has 2 N–H and O–H groups in total. The molecule has 4 heteroatoms. The summed E-state index contributed by atoms with van der Waals surface area (Å²) in [6.07, 6.45) is 0.290. The predicted molar refractivity (Wildman–Crippen MR) is 110 cm³/mol. The number of carbonyl (C=O) groups is 2. The van der Waals surface area contributed by atoms with E-state index in [1.807, 2.05) is 6.07 Å². The van der Waals surface area contributed by atoms with Crippen LogP contribution < -0.4 is 10.6 Å². The third kappa shape index (κ3) is 3.13. The normalized spacial score (nSPS) is 12.7. The quantitative estimate of drug-likeness (QED) is 0.519.